The number of benzene rings is 1. The number of fused-ring (bicyclic) bond motifs is 1. The number of aliphatic hydroxyl groups is 1. The van der Waals surface area contributed by atoms with Gasteiger partial charge in [-0.1, -0.05) is 0 Å². The SMILES string of the molecule is CN(C)c1nc2ccc(NC(=O)N3CCCC(CO)C3)cc2o1. The number of hydrogen-bond donors (Lipinski definition) is 2. The summed E-state index contributed by atoms with van der Waals surface area (Å²) < 4.78 is 5.65. The number of piperidine rings is 1. The highest BCUT2D eigenvalue weighted by atomic mass is 16.4. The van der Waals surface area contributed by atoms with Crippen molar-refractivity contribution in [1.29, 1.82) is 0 Å². The summed E-state index contributed by atoms with van der Waals surface area (Å²) in [7, 11) is 3.72. The van der Waals surface area contributed by atoms with Gasteiger partial charge in [-0.05, 0) is 30.9 Å². The van der Waals surface area contributed by atoms with E-state index in [1.807, 2.05) is 26.2 Å². The van der Waals surface area contributed by atoms with Crippen LogP contribution in [0.1, 0.15) is 12.8 Å². The third kappa shape index (κ3) is 3.39. The van der Waals surface area contributed by atoms with E-state index in [1.54, 1.807) is 15.9 Å². The van der Waals surface area contributed by atoms with Crippen LogP contribution in [0.25, 0.3) is 11.1 Å². The molecule has 1 aromatic heterocycles. The second kappa shape index (κ2) is 6.45. The fourth-order valence-electron chi connectivity index (χ4n) is 2.78. The van der Waals surface area contributed by atoms with Gasteiger partial charge in [-0.3, -0.25) is 0 Å². The van der Waals surface area contributed by atoms with Crippen molar-refractivity contribution < 1.29 is 14.3 Å². The molecule has 2 heterocycles. The molecule has 0 bridgehead atoms. The van der Waals surface area contributed by atoms with Crippen molar-refractivity contribution in [2.75, 3.05) is 44.0 Å². The van der Waals surface area contributed by atoms with E-state index in [4.69, 9.17) is 4.42 Å². The monoisotopic (exact) mass is 318 g/mol. The van der Waals surface area contributed by atoms with E-state index in [0.717, 1.165) is 24.9 Å². The minimum Gasteiger partial charge on any atom is -0.423 e. The molecule has 0 aliphatic carbocycles. The first-order valence-corrected chi connectivity index (χ1v) is 7.81. The van der Waals surface area contributed by atoms with Crippen LogP contribution in [0.2, 0.25) is 0 Å². The Morgan fingerprint density at radius 2 is 2.35 bits per heavy atom. The van der Waals surface area contributed by atoms with Crippen LogP contribution in [-0.4, -0.2) is 54.8 Å². The van der Waals surface area contributed by atoms with Crippen molar-refractivity contribution in [2.24, 2.45) is 5.92 Å². The van der Waals surface area contributed by atoms with E-state index in [2.05, 4.69) is 10.3 Å². The molecule has 0 radical (unpaired) electrons. The van der Waals surface area contributed by atoms with Gasteiger partial charge in [-0.15, -0.1) is 0 Å². The number of aliphatic hydroxyl groups excluding tert-OH is 1. The molecule has 1 aromatic carbocycles. The molecule has 0 saturated carbocycles. The predicted octanol–water partition coefficient (Wildman–Crippen LogP) is 2.13. The molecule has 1 fully saturated rings. The molecule has 1 aliphatic rings. The molecule has 1 atom stereocenters. The van der Waals surface area contributed by atoms with Crippen molar-refractivity contribution in [3.63, 3.8) is 0 Å². The van der Waals surface area contributed by atoms with Gasteiger partial charge in [0.1, 0.15) is 5.52 Å². The van der Waals surface area contributed by atoms with E-state index in [0.29, 0.717) is 23.8 Å². The molecule has 7 heteroatoms. The second-order valence-electron chi connectivity index (χ2n) is 6.14. The summed E-state index contributed by atoms with van der Waals surface area (Å²) in [4.78, 5) is 20.3. The Balaban J connectivity index is 1.71. The molecular weight excluding hydrogens is 296 g/mol. The fourth-order valence-corrected chi connectivity index (χ4v) is 2.78. The van der Waals surface area contributed by atoms with Gasteiger partial charge in [0.05, 0.1) is 0 Å². The molecule has 124 valence electrons. The summed E-state index contributed by atoms with van der Waals surface area (Å²) in [6.45, 7) is 1.44. The summed E-state index contributed by atoms with van der Waals surface area (Å²) in [5, 5.41) is 12.2. The first-order valence-electron chi connectivity index (χ1n) is 7.81. The third-order valence-electron chi connectivity index (χ3n) is 4.08. The molecule has 3 rings (SSSR count). The number of carbonyl (C=O) groups is 1. The Morgan fingerprint density at radius 3 is 3.09 bits per heavy atom. The van der Waals surface area contributed by atoms with Crippen LogP contribution in [0.5, 0.6) is 0 Å². The Morgan fingerprint density at radius 1 is 1.52 bits per heavy atom. The Kier molecular flexibility index (Phi) is 4.38. The van der Waals surface area contributed by atoms with E-state index in [-0.39, 0.29) is 18.6 Å². The summed E-state index contributed by atoms with van der Waals surface area (Å²) in [5.74, 6) is 0.175. The van der Waals surface area contributed by atoms with Crippen LogP contribution < -0.4 is 10.2 Å². The molecule has 1 unspecified atom stereocenters. The molecule has 23 heavy (non-hydrogen) atoms. The molecule has 2 aromatic rings. The number of anilines is 2. The van der Waals surface area contributed by atoms with Crippen LogP contribution in [0, 0.1) is 5.92 Å². The van der Waals surface area contributed by atoms with Crippen molar-refractivity contribution >= 4 is 28.8 Å². The highest BCUT2D eigenvalue weighted by molar-refractivity contribution is 5.91. The zero-order chi connectivity index (χ0) is 16.4. The van der Waals surface area contributed by atoms with E-state index in [9.17, 15) is 9.90 Å². The lowest BCUT2D eigenvalue weighted by Crippen LogP contribution is -2.43. The van der Waals surface area contributed by atoms with Gasteiger partial charge < -0.3 is 24.6 Å². The minimum atomic E-state index is -0.144. The van der Waals surface area contributed by atoms with E-state index >= 15 is 0 Å². The molecular formula is C16H22N4O3. The smallest absolute Gasteiger partial charge is 0.321 e. The number of aromatic nitrogens is 1. The largest absolute Gasteiger partial charge is 0.423 e. The number of carbonyl (C=O) groups excluding carboxylic acids is 1. The number of likely N-dealkylation sites (tertiary alicyclic amines) is 1. The Labute approximate surface area is 134 Å². The zero-order valence-corrected chi connectivity index (χ0v) is 13.5. The zero-order valence-electron chi connectivity index (χ0n) is 13.5. The van der Waals surface area contributed by atoms with E-state index in [1.165, 1.54) is 0 Å². The summed E-state index contributed by atoms with van der Waals surface area (Å²) in [6, 6.07) is 5.81. The second-order valence-corrected chi connectivity index (χ2v) is 6.14. The highest BCUT2D eigenvalue weighted by Gasteiger charge is 2.23. The molecule has 1 saturated heterocycles. The van der Waals surface area contributed by atoms with Gasteiger partial charge in [0.25, 0.3) is 6.01 Å². The summed E-state index contributed by atoms with van der Waals surface area (Å²) in [5.41, 5.74) is 2.07. The lowest BCUT2D eigenvalue weighted by atomic mass is 9.99. The molecule has 1 aliphatic heterocycles. The lowest BCUT2D eigenvalue weighted by Gasteiger charge is -2.31. The van der Waals surface area contributed by atoms with E-state index < -0.39 is 0 Å². The lowest BCUT2D eigenvalue weighted by molar-refractivity contribution is 0.136. The number of nitrogens with zero attached hydrogens (tertiary/aromatic N) is 3. The van der Waals surface area contributed by atoms with Gasteiger partial charge in [0, 0.05) is 45.5 Å². The summed E-state index contributed by atoms with van der Waals surface area (Å²) >= 11 is 0. The quantitative estimate of drug-likeness (QED) is 0.906. The summed E-state index contributed by atoms with van der Waals surface area (Å²) in [6.07, 6.45) is 1.89. The maximum atomic E-state index is 12.4. The fraction of sp³-hybridized carbons (Fsp3) is 0.500. The number of rotatable bonds is 3. The number of hydrogen-bond acceptors (Lipinski definition) is 5. The van der Waals surface area contributed by atoms with Crippen LogP contribution in [0.15, 0.2) is 22.6 Å². The topological polar surface area (TPSA) is 81.8 Å². The van der Waals surface area contributed by atoms with Crippen molar-refractivity contribution in [1.82, 2.24) is 9.88 Å². The predicted molar refractivity (Wildman–Crippen MR) is 88.7 cm³/mol. The van der Waals surface area contributed by atoms with Gasteiger partial charge >= 0.3 is 6.03 Å². The van der Waals surface area contributed by atoms with Crippen LogP contribution in [0.3, 0.4) is 0 Å². The van der Waals surface area contributed by atoms with Gasteiger partial charge in [0.15, 0.2) is 5.58 Å². The first-order chi connectivity index (χ1) is 11.1. The van der Waals surface area contributed by atoms with Crippen molar-refractivity contribution in [2.45, 2.75) is 12.8 Å². The average molecular weight is 318 g/mol. The highest BCUT2D eigenvalue weighted by Crippen LogP contribution is 2.24. The number of amides is 2. The third-order valence-corrected chi connectivity index (χ3v) is 4.08. The molecule has 2 amide bonds. The minimum absolute atomic E-state index is 0.126. The van der Waals surface area contributed by atoms with Crippen molar-refractivity contribution in [3.05, 3.63) is 18.2 Å². The number of oxazole rings is 1. The maximum absolute atomic E-state index is 12.4. The first kappa shape index (κ1) is 15.6. The Bertz CT molecular complexity index is 698. The molecule has 2 N–H and O–H groups in total. The van der Waals surface area contributed by atoms with Crippen molar-refractivity contribution in [3.8, 4) is 0 Å². The van der Waals surface area contributed by atoms with Gasteiger partial charge in [0.2, 0.25) is 0 Å². The van der Waals surface area contributed by atoms with Crippen LogP contribution in [-0.2, 0) is 0 Å². The normalized spacial score (nSPS) is 18.2. The standard InChI is InChI=1S/C16H22N4O3/c1-19(2)16-18-13-6-5-12(8-14(13)23-16)17-15(22)20-7-3-4-11(9-20)10-21/h5-6,8,11,21H,3-4,7,9-10H2,1-2H3,(H,17,22). The number of urea groups is 1. The number of nitrogens with one attached hydrogen (secondary N) is 1. The van der Waals surface area contributed by atoms with Crippen LogP contribution in [0.4, 0.5) is 16.5 Å². The average Bonchev–Trinajstić information content (AvgIpc) is 2.98. The Hall–Kier alpha value is -2.28. The maximum Gasteiger partial charge on any atom is 0.321 e. The molecule has 0 spiro atoms. The molecule has 7 nitrogen and oxygen atoms in total. The van der Waals surface area contributed by atoms with Crippen LogP contribution >= 0.6 is 0 Å². The van der Waals surface area contributed by atoms with Gasteiger partial charge in [-0.2, -0.15) is 4.98 Å². The van der Waals surface area contributed by atoms with Gasteiger partial charge in [-0.25, -0.2) is 4.79 Å².